The van der Waals surface area contributed by atoms with E-state index in [1.54, 1.807) is 0 Å². The molecule has 0 amide bonds. The maximum atomic E-state index is 12.5. The quantitative estimate of drug-likeness (QED) is 0.810. The van der Waals surface area contributed by atoms with Crippen molar-refractivity contribution < 1.29 is 8.42 Å². The largest absolute Gasteiger partial charge is 0.374 e. The Morgan fingerprint density at radius 3 is 2.58 bits per heavy atom. The lowest BCUT2D eigenvalue weighted by Crippen LogP contribution is -2.35. The summed E-state index contributed by atoms with van der Waals surface area (Å²) in [6.45, 7) is 1.39. The standard InChI is InChI=1S/C20H27N3O2S/c1-22(2)20(17-9-10-19-18(13-17)11-12-23(19)3)14-21-26(24,25)15-16-7-5-4-6-8-16/h4-10,13,20-21H,11-12,14-15H2,1-3H3/t20-/m1/s1. The third-order valence-corrected chi connectivity index (χ3v) is 6.26. The Balaban J connectivity index is 1.71. The van der Waals surface area contributed by atoms with Gasteiger partial charge in [-0.1, -0.05) is 42.5 Å². The molecule has 1 heterocycles. The maximum Gasteiger partial charge on any atom is 0.215 e. The predicted octanol–water partition coefficient (Wildman–Crippen LogP) is 2.40. The summed E-state index contributed by atoms with van der Waals surface area (Å²) in [4.78, 5) is 4.32. The van der Waals surface area contributed by atoms with Gasteiger partial charge in [-0.15, -0.1) is 0 Å². The highest BCUT2D eigenvalue weighted by atomic mass is 32.2. The van der Waals surface area contributed by atoms with Crippen LogP contribution in [0, 0.1) is 0 Å². The number of hydrogen-bond donors (Lipinski definition) is 1. The summed E-state index contributed by atoms with van der Waals surface area (Å²) in [6, 6.07) is 15.7. The number of nitrogens with zero attached hydrogens (tertiary/aromatic N) is 2. The topological polar surface area (TPSA) is 52.7 Å². The molecule has 0 aromatic heterocycles. The van der Waals surface area contributed by atoms with Gasteiger partial charge < -0.3 is 9.80 Å². The Morgan fingerprint density at radius 1 is 1.15 bits per heavy atom. The van der Waals surface area contributed by atoms with Gasteiger partial charge in [0.25, 0.3) is 0 Å². The fraction of sp³-hybridized carbons (Fsp3) is 0.400. The molecule has 0 saturated heterocycles. The summed E-state index contributed by atoms with van der Waals surface area (Å²) in [6.07, 6.45) is 1.04. The lowest BCUT2D eigenvalue weighted by Gasteiger charge is -2.26. The van der Waals surface area contributed by atoms with Crippen LogP contribution >= 0.6 is 0 Å². The van der Waals surface area contributed by atoms with Gasteiger partial charge in [0, 0.05) is 31.9 Å². The second-order valence-electron chi connectivity index (χ2n) is 7.13. The molecule has 1 aliphatic rings. The van der Waals surface area contributed by atoms with E-state index in [9.17, 15) is 8.42 Å². The molecule has 1 atom stereocenters. The van der Waals surface area contributed by atoms with Gasteiger partial charge in [-0.3, -0.25) is 0 Å². The van der Waals surface area contributed by atoms with Crippen molar-refractivity contribution in [2.45, 2.75) is 18.2 Å². The van der Waals surface area contributed by atoms with Crippen molar-refractivity contribution in [3.05, 3.63) is 65.2 Å². The Hall–Kier alpha value is -1.89. The first-order valence-corrected chi connectivity index (χ1v) is 10.5. The SMILES string of the molecule is CN1CCc2cc([C@@H](CNS(=O)(=O)Cc3ccccc3)N(C)C)ccc21. The van der Waals surface area contributed by atoms with Crippen LogP contribution < -0.4 is 9.62 Å². The lowest BCUT2D eigenvalue weighted by atomic mass is 10.0. The predicted molar refractivity (Wildman–Crippen MR) is 107 cm³/mol. The first-order chi connectivity index (χ1) is 12.4. The van der Waals surface area contributed by atoms with Crippen molar-refractivity contribution in [3.8, 4) is 0 Å². The van der Waals surface area contributed by atoms with Crippen LogP contribution in [-0.4, -0.2) is 47.6 Å². The van der Waals surface area contributed by atoms with Gasteiger partial charge in [0.15, 0.2) is 0 Å². The smallest absolute Gasteiger partial charge is 0.215 e. The molecule has 0 saturated carbocycles. The van der Waals surface area contributed by atoms with Crippen molar-refractivity contribution in [2.75, 3.05) is 39.1 Å². The van der Waals surface area contributed by atoms with Crippen LogP contribution in [0.1, 0.15) is 22.7 Å². The van der Waals surface area contributed by atoms with Crippen LogP contribution in [0.15, 0.2) is 48.5 Å². The van der Waals surface area contributed by atoms with Gasteiger partial charge in [0.05, 0.1) is 5.75 Å². The molecule has 1 N–H and O–H groups in total. The van der Waals surface area contributed by atoms with Crippen LogP contribution in [0.3, 0.4) is 0 Å². The van der Waals surface area contributed by atoms with E-state index in [0.717, 1.165) is 24.1 Å². The lowest BCUT2D eigenvalue weighted by molar-refractivity contribution is 0.299. The fourth-order valence-corrected chi connectivity index (χ4v) is 4.59. The van der Waals surface area contributed by atoms with Crippen LogP contribution in [0.2, 0.25) is 0 Å². The van der Waals surface area contributed by atoms with E-state index >= 15 is 0 Å². The molecule has 140 valence electrons. The first-order valence-electron chi connectivity index (χ1n) is 8.87. The van der Waals surface area contributed by atoms with E-state index in [2.05, 4.69) is 39.8 Å². The monoisotopic (exact) mass is 373 g/mol. The highest BCUT2D eigenvalue weighted by Gasteiger charge is 2.22. The number of likely N-dealkylation sites (N-methyl/N-ethyl adjacent to an activating group) is 2. The van der Waals surface area contributed by atoms with Crippen molar-refractivity contribution in [2.24, 2.45) is 0 Å². The molecule has 2 aromatic carbocycles. The average molecular weight is 374 g/mol. The molecular weight excluding hydrogens is 346 g/mol. The summed E-state index contributed by atoms with van der Waals surface area (Å²) >= 11 is 0. The Morgan fingerprint density at radius 2 is 1.88 bits per heavy atom. The minimum Gasteiger partial charge on any atom is -0.374 e. The van der Waals surface area contributed by atoms with Crippen molar-refractivity contribution in [3.63, 3.8) is 0 Å². The van der Waals surface area contributed by atoms with E-state index in [4.69, 9.17) is 0 Å². The minimum absolute atomic E-state index is 0.00295. The zero-order chi connectivity index (χ0) is 18.7. The first kappa shape index (κ1) is 18.9. The van der Waals surface area contributed by atoms with E-state index in [-0.39, 0.29) is 11.8 Å². The van der Waals surface area contributed by atoms with Gasteiger partial charge in [0.1, 0.15) is 0 Å². The summed E-state index contributed by atoms with van der Waals surface area (Å²) < 4.78 is 27.7. The molecule has 5 nitrogen and oxygen atoms in total. The highest BCUT2D eigenvalue weighted by Crippen LogP contribution is 2.30. The Kier molecular flexibility index (Phi) is 5.65. The molecule has 3 rings (SSSR count). The van der Waals surface area contributed by atoms with E-state index < -0.39 is 10.0 Å². The Labute approximate surface area is 156 Å². The molecule has 0 fully saturated rings. The van der Waals surface area contributed by atoms with Crippen LogP contribution in [0.5, 0.6) is 0 Å². The second-order valence-corrected chi connectivity index (χ2v) is 8.94. The number of fused-ring (bicyclic) bond motifs is 1. The van der Waals surface area contributed by atoms with E-state index in [1.165, 1.54) is 11.3 Å². The number of sulfonamides is 1. The fourth-order valence-electron chi connectivity index (χ4n) is 3.44. The summed E-state index contributed by atoms with van der Waals surface area (Å²) in [5, 5.41) is 0. The van der Waals surface area contributed by atoms with Gasteiger partial charge >= 0.3 is 0 Å². The van der Waals surface area contributed by atoms with Crippen LogP contribution in [-0.2, 0) is 22.2 Å². The van der Waals surface area contributed by atoms with Crippen molar-refractivity contribution >= 4 is 15.7 Å². The molecule has 0 radical (unpaired) electrons. The number of anilines is 1. The molecule has 2 aromatic rings. The molecule has 0 spiro atoms. The highest BCUT2D eigenvalue weighted by molar-refractivity contribution is 7.88. The molecule has 0 bridgehead atoms. The number of nitrogens with one attached hydrogen (secondary N) is 1. The molecular formula is C20H27N3O2S. The van der Waals surface area contributed by atoms with Crippen molar-refractivity contribution in [1.29, 1.82) is 0 Å². The minimum atomic E-state index is -3.38. The average Bonchev–Trinajstić information content (AvgIpc) is 2.96. The number of benzene rings is 2. The van der Waals surface area contributed by atoms with Gasteiger partial charge in [0.2, 0.25) is 10.0 Å². The summed E-state index contributed by atoms with van der Waals surface area (Å²) in [7, 11) is 2.69. The van der Waals surface area contributed by atoms with E-state index in [1.807, 2.05) is 44.4 Å². The Bertz CT molecular complexity index is 851. The molecule has 0 aliphatic carbocycles. The number of rotatable bonds is 7. The maximum absolute atomic E-state index is 12.5. The van der Waals surface area contributed by atoms with Gasteiger partial charge in [-0.25, -0.2) is 13.1 Å². The molecule has 0 unspecified atom stereocenters. The molecule has 26 heavy (non-hydrogen) atoms. The molecule has 1 aliphatic heterocycles. The third-order valence-electron chi connectivity index (χ3n) is 4.94. The van der Waals surface area contributed by atoms with Gasteiger partial charge in [-0.05, 0) is 43.3 Å². The summed E-state index contributed by atoms with van der Waals surface area (Å²) in [5.74, 6) is 0.00295. The third kappa shape index (κ3) is 4.44. The zero-order valence-corrected chi connectivity index (χ0v) is 16.5. The van der Waals surface area contributed by atoms with Crippen molar-refractivity contribution in [1.82, 2.24) is 9.62 Å². The zero-order valence-electron chi connectivity index (χ0n) is 15.6. The van der Waals surface area contributed by atoms with Crippen LogP contribution in [0.25, 0.3) is 0 Å². The number of hydrogen-bond acceptors (Lipinski definition) is 4. The van der Waals surface area contributed by atoms with Gasteiger partial charge in [-0.2, -0.15) is 0 Å². The molecule has 6 heteroatoms. The second kappa shape index (κ2) is 7.78. The van der Waals surface area contributed by atoms with Crippen LogP contribution in [0.4, 0.5) is 5.69 Å². The normalized spacial score (nSPS) is 15.3. The van der Waals surface area contributed by atoms with E-state index in [0.29, 0.717) is 6.54 Å². The summed E-state index contributed by atoms with van der Waals surface area (Å²) in [5.41, 5.74) is 4.55.